The fraction of sp³-hybridized carbons (Fsp3) is 0.333. The average Bonchev–Trinajstić information content (AvgIpc) is 2.97. The number of furan rings is 1. The second-order valence-corrected chi connectivity index (χ2v) is 4.63. The van der Waals surface area contributed by atoms with Crippen LogP contribution < -0.4 is 0 Å². The topological polar surface area (TPSA) is 68.3 Å². The van der Waals surface area contributed by atoms with Crippen LogP contribution in [-0.4, -0.2) is 20.6 Å². The molecule has 18 heavy (non-hydrogen) atoms. The zero-order valence-corrected chi connectivity index (χ0v) is 10.2. The van der Waals surface area contributed by atoms with E-state index in [9.17, 15) is 9.90 Å². The Labute approximate surface area is 108 Å². The summed E-state index contributed by atoms with van der Waals surface area (Å²) in [5.41, 5.74) is 0.585. The van der Waals surface area contributed by atoms with Gasteiger partial charge in [-0.2, -0.15) is 0 Å². The molecule has 1 N–H and O–H groups in total. The molecule has 5 nitrogen and oxygen atoms in total. The Hall–Kier alpha value is -1.75. The SMILES string of the molecule is O=C(O)C1CCCn2c(-c3ccco3)nc(Cl)c21. The molecule has 0 saturated carbocycles. The first-order valence-electron chi connectivity index (χ1n) is 5.71. The second kappa shape index (κ2) is 4.17. The first kappa shape index (κ1) is 11.3. The fourth-order valence-corrected chi connectivity index (χ4v) is 2.73. The minimum absolute atomic E-state index is 0.258. The number of aromatic nitrogens is 2. The summed E-state index contributed by atoms with van der Waals surface area (Å²) < 4.78 is 7.16. The van der Waals surface area contributed by atoms with Crippen molar-refractivity contribution in [3.63, 3.8) is 0 Å². The van der Waals surface area contributed by atoms with Gasteiger partial charge in [0.25, 0.3) is 0 Å². The molecule has 3 heterocycles. The number of hydrogen-bond acceptors (Lipinski definition) is 3. The van der Waals surface area contributed by atoms with E-state index in [0.29, 0.717) is 23.7 Å². The third-order valence-electron chi connectivity index (χ3n) is 3.21. The van der Waals surface area contributed by atoms with Crippen LogP contribution in [0.1, 0.15) is 24.5 Å². The Morgan fingerprint density at radius 1 is 1.61 bits per heavy atom. The number of hydrogen-bond donors (Lipinski definition) is 1. The summed E-state index contributed by atoms with van der Waals surface area (Å²) in [6, 6.07) is 3.55. The lowest BCUT2D eigenvalue weighted by molar-refractivity contribution is -0.139. The molecule has 1 aliphatic heterocycles. The molecule has 6 heteroatoms. The largest absolute Gasteiger partial charge is 0.481 e. The van der Waals surface area contributed by atoms with E-state index < -0.39 is 11.9 Å². The highest BCUT2D eigenvalue weighted by Gasteiger charge is 2.32. The van der Waals surface area contributed by atoms with Gasteiger partial charge in [-0.15, -0.1) is 0 Å². The number of halogens is 1. The predicted molar refractivity (Wildman–Crippen MR) is 64.5 cm³/mol. The summed E-state index contributed by atoms with van der Waals surface area (Å²) in [7, 11) is 0. The molecule has 0 saturated heterocycles. The Morgan fingerprint density at radius 2 is 2.44 bits per heavy atom. The van der Waals surface area contributed by atoms with Crippen molar-refractivity contribution in [3.8, 4) is 11.6 Å². The summed E-state index contributed by atoms with van der Waals surface area (Å²) in [6.07, 6.45) is 2.95. The van der Waals surface area contributed by atoms with E-state index in [1.807, 2.05) is 4.57 Å². The normalized spacial score (nSPS) is 18.6. The van der Waals surface area contributed by atoms with E-state index in [4.69, 9.17) is 16.0 Å². The van der Waals surface area contributed by atoms with Crippen molar-refractivity contribution in [2.45, 2.75) is 25.3 Å². The first-order chi connectivity index (χ1) is 8.68. The van der Waals surface area contributed by atoms with Crippen molar-refractivity contribution < 1.29 is 14.3 Å². The minimum atomic E-state index is -0.858. The van der Waals surface area contributed by atoms with E-state index in [2.05, 4.69) is 4.98 Å². The van der Waals surface area contributed by atoms with Gasteiger partial charge in [0.15, 0.2) is 16.7 Å². The highest BCUT2D eigenvalue weighted by Crippen LogP contribution is 2.36. The van der Waals surface area contributed by atoms with Gasteiger partial charge in [-0.3, -0.25) is 4.79 Å². The molecule has 94 valence electrons. The minimum Gasteiger partial charge on any atom is -0.481 e. The first-order valence-corrected chi connectivity index (χ1v) is 6.09. The smallest absolute Gasteiger partial charge is 0.312 e. The predicted octanol–water partition coefficient (Wildman–Crippen LogP) is 2.76. The number of imidazole rings is 1. The van der Waals surface area contributed by atoms with E-state index in [1.165, 1.54) is 0 Å². The maximum absolute atomic E-state index is 11.2. The molecule has 1 unspecified atom stereocenters. The Balaban J connectivity index is 2.16. The van der Waals surface area contributed by atoms with Crippen LogP contribution in [-0.2, 0) is 11.3 Å². The molecular weight excluding hydrogens is 256 g/mol. The van der Waals surface area contributed by atoms with E-state index >= 15 is 0 Å². The van der Waals surface area contributed by atoms with Crippen molar-refractivity contribution in [1.29, 1.82) is 0 Å². The molecule has 0 aromatic carbocycles. The average molecular weight is 267 g/mol. The zero-order chi connectivity index (χ0) is 12.7. The van der Waals surface area contributed by atoms with Crippen molar-refractivity contribution >= 4 is 17.6 Å². The van der Waals surface area contributed by atoms with Gasteiger partial charge >= 0.3 is 5.97 Å². The lowest BCUT2D eigenvalue weighted by atomic mass is 9.96. The number of rotatable bonds is 2. The van der Waals surface area contributed by atoms with Crippen molar-refractivity contribution in [3.05, 3.63) is 29.2 Å². The van der Waals surface area contributed by atoms with Gasteiger partial charge in [-0.1, -0.05) is 11.6 Å². The van der Waals surface area contributed by atoms with Crippen LogP contribution in [0.5, 0.6) is 0 Å². The fourth-order valence-electron chi connectivity index (χ4n) is 2.42. The zero-order valence-electron chi connectivity index (χ0n) is 9.47. The standard InChI is InChI=1S/C12H11ClN2O3/c13-10-9-7(12(16)17)3-1-5-15(9)11(14-10)8-4-2-6-18-8/h2,4,6-7H,1,3,5H2,(H,16,17). The third kappa shape index (κ3) is 1.62. The van der Waals surface area contributed by atoms with Crippen LogP contribution in [0.3, 0.4) is 0 Å². The summed E-state index contributed by atoms with van der Waals surface area (Å²) >= 11 is 6.08. The van der Waals surface area contributed by atoms with Crippen LogP contribution in [0.2, 0.25) is 5.15 Å². The van der Waals surface area contributed by atoms with Crippen LogP contribution >= 0.6 is 11.6 Å². The van der Waals surface area contributed by atoms with E-state index in [-0.39, 0.29) is 5.15 Å². The number of carboxylic acids is 1. The molecule has 0 aliphatic carbocycles. The molecule has 1 aliphatic rings. The van der Waals surface area contributed by atoms with Crippen molar-refractivity contribution in [2.75, 3.05) is 0 Å². The van der Waals surface area contributed by atoms with E-state index in [0.717, 1.165) is 13.0 Å². The monoisotopic (exact) mass is 266 g/mol. The number of fused-ring (bicyclic) bond motifs is 1. The Kier molecular flexibility index (Phi) is 2.63. The van der Waals surface area contributed by atoms with E-state index in [1.54, 1.807) is 18.4 Å². The summed E-state index contributed by atoms with van der Waals surface area (Å²) in [5.74, 6) is -0.230. The molecule has 0 radical (unpaired) electrons. The Bertz CT molecular complexity index is 589. The highest BCUT2D eigenvalue weighted by molar-refractivity contribution is 6.30. The summed E-state index contributed by atoms with van der Waals surface area (Å²) in [6.45, 7) is 0.717. The van der Waals surface area contributed by atoms with Gasteiger partial charge < -0.3 is 14.1 Å². The van der Waals surface area contributed by atoms with Crippen molar-refractivity contribution in [1.82, 2.24) is 9.55 Å². The molecule has 3 rings (SSSR count). The van der Waals surface area contributed by atoms with Gasteiger partial charge in [0.1, 0.15) is 5.92 Å². The van der Waals surface area contributed by atoms with Gasteiger partial charge in [-0.25, -0.2) is 4.98 Å². The van der Waals surface area contributed by atoms with Crippen LogP contribution in [0.15, 0.2) is 22.8 Å². The Morgan fingerprint density at radius 3 is 3.11 bits per heavy atom. The van der Waals surface area contributed by atoms with Gasteiger partial charge in [0.2, 0.25) is 0 Å². The molecule has 2 aromatic heterocycles. The molecule has 0 amide bonds. The highest BCUT2D eigenvalue weighted by atomic mass is 35.5. The van der Waals surface area contributed by atoms with Gasteiger partial charge in [0, 0.05) is 6.54 Å². The summed E-state index contributed by atoms with van der Waals surface area (Å²) in [4.78, 5) is 15.5. The van der Waals surface area contributed by atoms with Crippen molar-refractivity contribution in [2.24, 2.45) is 0 Å². The molecule has 2 aromatic rings. The maximum atomic E-state index is 11.2. The molecule has 0 fully saturated rings. The quantitative estimate of drug-likeness (QED) is 0.907. The molecule has 0 spiro atoms. The van der Waals surface area contributed by atoms with Gasteiger partial charge in [0.05, 0.1) is 12.0 Å². The number of carbonyl (C=O) groups is 1. The molecule has 0 bridgehead atoms. The second-order valence-electron chi connectivity index (χ2n) is 4.27. The number of nitrogens with zero attached hydrogens (tertiary/aromatic N) is 2. The van der Waals surface area contributed by atoms with Crippen LogP contribution in [0.25, 0.3) is 11.6 Å². The molecular formula is C12H11ClN2O3. The lowest BCUT2D eigenvalue weighted by Crippen LogP contribution is -2.22. The number of carboxylic acid groups (broad SMARTS) is 1. The van der Waals surface area contributed by atoms with Crippen LogP contribution in [0.4, 0.5) is 0 Å². The maximum Gasteiger partial charge on any atom is 0.312 e. The van der Waals surface area contributed by atoms with Crippen LogP contribution in [0, 0.1) is 0 Å². The number of aliphatic carboxylic acids is 1. The lowest BCUT2D eigenvalue weighted by Gasteiger charge is -2.22. The summed E-state index contributed by atoms with van der Waals surface area (Å²) in [5, 5.41) is 9.48. The third-order valence-corrected chi connectivity index (χ3v) is 3.48. The molecule has 1 atom stereocenters. The van der Waals surface area contributed by atoms with Gasteiger partial charge in [-0.05, 0) is 25.0 Å².